The predicted octanol–water partition coefficient (Wildman–Crippen LogP) is 4.29. The average molecular weight is 283 g/mol. The molecule has 1 unspecified atom stereocenters. The van der Waals surface area contributed by atoms with Crippen LogP contribution in [0.1, 0.15) is 12.5 Å². The molecule has 1 atom stereocenters. The molecule has 2 rings (SSSR count). The van der Waals surface area contributed by atoms with E-state index in [0.29, 0.717) is 12.0 Å². The fraction of sp³-hybridized carbons (Fsp3) is 0.200. The maximum Gasteiger partial charge on any atom is 0.196 e. The first-order valence-corrected chi connectivity index (χ1v) is 6.12. The Kier molecular flexibility index (Phi) is 4.27. The third-order valence-electron chi connectivity index (χ3n) is 2.92. The summed E-state index contributed by atoms with van der Waals surface area (Å²) in [5.74, 6) is -4.39. The number of nitrogens with one attached hydrogen (secondary N) is 1. The lowest BCUT2D eigenvalue weighted by Crippen LogP contribution is -2.20. The summed E-state index contributed by atoms with van der Waals surface area (Å²) in [6, 6.07) is 7.85. The molecule has 2 aromatic carbocycles. The molecule has 0 radical (unpaired) electrons. The molecule has 0 fully saturated rings. The zero-order valence-corrected chi connectivity index (χ0v) is 10.8. The predicted molar refractivity (Wildman–Crippen MR) is 69.5 cm³/mol. The highest BCUT2D eigenvalue weighted by atomic mass is 19.2. The largest absolute Gasteiger partial charge is 0.380 e. The second-order valence-corrected chi connectivity index (χ2v) is 4.56. The molecule has 20 heavy (non-hydrogen) atoms. The molecule has 1 nitrogen and oxygen atoms in total. The first-order valence-electron chi connectivity index (χ1n) is 6.12. The number of rotatable bonds is 4. The Balaban J connectivity index is 2.11. The van der Waals surface area contributed by atoms with Gasteiger partial charge in [0.15, 0.2) is 17.5 Å². The van der Waals surface area contributed by atoms with Crippen molar-refractivity contribution in [2.24, 2.45) is 0 Å². The van der Waals surface area contributed by atoms with E-state index in [1.54, 1.807) is 25.1 Å². The maximum absolute atomic E-state index is 13.5. The summed E-state index contributed by atoms with van der Waals surface area (Å²) < 4.78 is 52.8. The van der Waals surface area contributed by atoms with Crippen molar-refractivity contribution in [3.63, 3.8) is 0 Å². The molecule has 0 heterocycles. The number of halogens is 4. The van der Waals surface area contributed by atoms with Gasteiger partial charge in [-0.25, -0.2) is 17.6 Å². The van der Waals surface area contributed by atoms with E-state index in [2.05, 4.69) is 5.32 Å². The van der Waals surface area contributed by atoms with Crippen molar-refractivity contribution in [2.45, 2.75) is 19.4 Å². The normalized spacial score (nSPS) is 12.2. The Morgan fingerprint density at radius 3 is 2.30 bits per heavy atom. The van der Waals surface area contributed by atoms with Crippen LogP contribution >= 0.6 is 0 Å². The van der Waals surface area contributed by atoms with Crippen molar-refractivity contribution >= 4 is 5.69 Å². The Morgan fingerprint density at radius 2 is 1.60 bits per heavy atom. The standard InChI is InChI=1S/C15H13F4N/c1-9(8-10-4-2-3-5-11(10)16)20-13-7-6-12(17)14(18)15(13)19/h2-7,9,20H,8H2,1H3. The zero-order chi connectivity index (χ0) is 14.7. The Morgan fingerprint density at radius 1 is 0.900 bits per heavy atom. The van der Waals surface area contributed by atoms with E-state index in [-0.39, 0.29) is 17.5 Å². The lowest BCUT2D eigenvalue weighted by atomic mass is 10.1. The van der Waals surface area contributed by atoms with Gasteiger partial charge in [0.25, 0.3) is 0 Å². The fourth-order valence-corrected chi connectivity index (χ4v) is 1.95. The molecule has 0 aliphatic heterocycles. The fourth-order valence-electron chi connectivity index (χ4n) is 1.95. The smallest absolute Gasteiger partial charge is 0.196 e. The van der Waals surface area contributed by atoms with Crippen LogP contribution in [0.15, 0.2) is 36.4 Å². The first kappa shape index (κ1) is 14.4. The number of benzene rings is 2. The highest BCUT2D eigenvalue weighted by Gasteiger charge is 2.15. The summed E-state index contributed by atoms with van der Waals surface area (Å²) in [6.07, 6.45) is 0.297. The van der Waals surface area contributed by atoms with Gasteiger partial charge in [0.2, 0.25) is 0 Å². The molecular weight excluding hydrogens is 270 g/mol. The maximum atomic E-state index is 13.5. The molecule has 0 spiro atoms. The van der Waals surface area contributed by atoms with Crippen LogP contribution in [0.2, 0.25) is 0 Å². The van der Waals surface area contributed by atoms with Gasteiger partial charge >= 0.3 is 0 Å². The van der Waals surface area contributed by atoms with Crippen LogP contribution in [0, 0.1) is 23.3 Å². The number of anilines is 1. The van der Waals surface area contributed by atoms with Crippen LogP contribution in [0.25, 0.3) is 0 Å². The molecule has 0 aliphatic carbocycles. The van der Waals surface area contributed by atoms with Crippen molar-refractivity contribution < 1.29 is 17.6 Å². The van der Waals surface area contributed by atoms with Gasteiger partial charge in [-0.1, -0.05) is 18.2 Å². The van der Waals surface area contributed by atoms with Crippen molar-refractivity contribution in [1.29, 1.82) is 0 Å². The van der Waals surface area contributed by atoms with Gasteiger partial charge in [0, 0.05) is 6.04 Å². The van der Waals surface area contributed by atoms with Gasteiger partial charge in [-0.3, -0.25) is 0 Å². The van der Waals surface area contributed by atoms with Gasteiger partial charge in [-0.05, 0) is 37.1 Å². The molecular formula is C15H13F4N. The van der Waals surface area contributed by atoms with Gasteiger partial charge in [0.05, 0.1) is 5.69 Å². The Labute approximate surface area is 114 Å². The number of hydrogen-bond donors (Lipinski definition) is 1. The molecule has 1 N–H and O–H groups in total. The summed E-state index contributed by atoms with van der Waals surface area (Å²) >= 11 is 0. The molecule has 0 bridgehead atoms. The van der Waals surface area contributed by atoms with Crippen molar-refractivity contribution in [1.82, 2.24) is 0 Å². The van der Waals surface area contributed by atoms with Gasteiger partial charge in [-0.15, -0.1) is 0 Å². The van der Waals surface area contributed by atoms with Crippen LogP contribution in [0.3, 0.4) is 0 Å². The van der Waals surface area contributed by atoms with E-state index in [1.807, 2.05) is 0 Å². The molecule has 0 saturated heterocycles. The summed E-state index contributed by atoms with van der Waals surface area (Å²) in [5.41, 5.74) is 0.322. The van der Waals surface area contributed by atoms with Gasteiger partial charge in [0.1, 0.15) is 5.82 Å². The topological polar surface area (TPSA) is 12.0 Å². The highest BCUT2D eigenvalue weighted by Crippen LogP contribution is 2.21. The molecule has 5 heteroatoms. The van der Waals surface area contributed by atoms with Crippen LogP contribution in [-0.4, -0.2) is 6.04 Å². The summed E-state index contributed by atoms with van der Waals surface area (Å²) in [5, 5.41) is 2.71. The minimum atomic E-state index is -1.52. The zero-order valence-electron chi connectivity index (χ0n) is 10.8. The third-order valence-corrected chi connectivity index (χ3v) is 2.92. The lowest BCUT2D eigenvalue weighted by molar-refractivity contribution is 0.448. The molecule has 0 aromatic heterocycles. The molecule has 0 amide bonds. The lowest BCUT2D eigenvalue weighted by Gasteiger charge is -2.16. The highest BCUT2D eigenvalue weighted by molar-refractivity contribution is 5.46. The van der Waals surface area contributed by atoms with Crippen molar-refractivity contribution in [3.05, 3.63) is 65.2 Å². The van der Waals surface area contributed by atoms with E-state index < -0.39 is 17.5 Å². The van der Waals surface area contributed by atoms with Gasteiger partial charge < -0.3 is 5.32 Å². The summed E-state index contributed by atoms with van der Waals surface area (Å²) in [7, 11) is 0. The second-order valence-electron chi connectivity index (χ2n) is 4.56. The minimum Gasteiger partial charge on any atom is -0.380 e. The average Bonchev–Trinajstić information content (AvgIpc) is 2.42. The monoisotopic (exact) mass is 283 g/mol. The molecule has 0 saturated carbocycles. The van der Waals surface area contributed by atoms with E-state index in [1.165, 1.54) is 6.07 Å². The van der Waals surface area contributed by atoms with E-state index >= 15 is 0 Å². The molecule has 0 aliphatic rings. The first-order chi connectivity index (χ1) is 9.49. The molecule has 106 valence electrons. The number of hydrogen-bond acceptors (Lipinski definition) is 1. The SMILES string of the molecule is CC(Cc1ccccc1F)Nc1ccc(F)c(F)c1F. The quantitative estimate of drug-likeness (QED) is 0.652. The van der Waals surface area contributed by atoms with E-state index in [9.17, 15) is 17.6 Å². The van der Waals surface area contributed by atoms with E-state index in [4.69, 9.17) is 0 Å². The van der Waals surface area contributed by atoms with Crippen LogP contribution < -0.4 is 5.32 Å². The van der Waals surface area contributed by atoms with Crippen LogP contribution in [-0.2, 0) is 6.42 Å². The van der Waals surface area contributed by atoms with Crippen molar-refractivity contribution in [3.8, 4) is 0 Å². The third kappa shape index (κ3) is 3.10. The van der Waals surface area contributed by atoms with Crippen molar-refractivity contribution in [2.75, 3.05) is 5.32 Å². The summed E-state index contributed by atoms with van der Waals surface area (Å²) in [4.78, 5) is 0. The van der Waals surface area contributed by atoms with Crippen LogP contribution in [0.5, 0.6) is 0 Å². The Hall–Kier alpha value is -2.04. The van der Waals surface area contributed by atoms with Gasteiger partial charge in [-0.2, -0.15) is 0 Å². The molecule has 2 aromatic rings. The minimum absolute atomic E-state index is 0.146. The summed E-state index contributed by atoms with van der Waals surface area (Å²) in [6.45, 7) is 1.70. The Bertz CT molecular complexity index is 613. The van der Waals surface area contributed by atoms with Crippen LogP contribution in [0.4, 0.5) is 23.2 Å². The van der Waals surface area contributed by atoms with E-state index in [0.717, 1.165) is 12.1 Å². The second kappa shape index (κ2) is 5.94.